The zero-order chi connectivity index (χ0) is 18.6. The van der Waals surface area contributed by atoms with Crippen molar-refractivity contribution in [3.8, 4) is 0 Å². The van der Waals surface area contributed by atoms with E-state index in [4.69, 9.17) is 4.98 Å². The highest BCUT2D eigenvalue weighted by Gasteiger charge is 2.19. The van der Waals surface area contributed by atoms with Gasteiger partial charge in [-0.2, -0.15) is 0 Å². The van der Waals surface area contributed by atoms with E-state index in [9.17, 15) is 9.18 Å². The second-order valence-corrected chi connectivity index (χ2v) is 7.01. The molecule has 3 aromatic rings. The number of halogens is 1. The van der Waals surface area contributed by atoms with E-state index in [2.05, 4.69) is 22.0 Å². The van der Waals surface area contributed by atoms with Crippen molar-refractivity contribution in [1.82, 2.24) is 14.9 Å². The van der Waals surface area contributed by atoms with Crippen LogP contribution in [0.1, 0.15) is 28.2 Å². The van der Waals surface area contributed by atoms with Gasteiger partial charge in [0.2, 0.25) is 0 Å². The van der Waals surface area contributed by atoms with Crippen molar-refractivity contribution in [2.24, 2.45) is 0 Å². The number of benzene rings is 2. The molecule has 0 saturated heterocycles. The van der Waals surface area contributed by atoms with E-state index < -0.39 is 0 Å². The predicted molar refractivity (Wildman–Crippen MR) is 103 cm³/mol. The van der Waals surface area contributed by atoms with E-state index in [1.807, 2.05) is 24.3 Å². The Hall–Kier alpha value is -2.79. The first-order chi connectivity index (χ1) is 13.2. The topological polar surface area (TPSA) is 49.0 Å². The molecule has 1 aliphatic rings. The van der Waals surface area contributed by atoms with Gasteiger partial charge in [-0.05, 0) is 29.7 Å². The second kappa shape index (κ2) is 7.84. The fraction of sp³-hybridized carbons (Fsp3) is 0.273. The van der Waals surface area contributed by atoms with Crippen LogP contribution in [0.4, 0.5) is 4.39 Å². The summed E-state index contributed by atoms with van der Waals surface area (Å²) < 4.78 is 13.4. The van der Waals surface area contributed by atoms with Gasteiger partial charge in [0.15, 0.2) is 0 Å². The molecule has 0 saturated carbocycles. The number of nitrogens with one attached hydrogen (secondary N) is 1. The molecular formula is C22H22FN3O. The minimum absolute atomic E-state index is 0.0621. The Bertz CT molecular complexity index is 984. The van der Waals surface area contributed by atoms with Gasteiger partial charge in [-0.25, -0.2) is 9.37 Å². The minimum Gasteiger partial charge on any atom is -0.310 e. The Balaban J connectivity index is 1.51. The third kappa shape index (κ3) is 4.31. The first-order valence-electron chi connectivity index (χ1n) is 9.29. The van der Waals surface area contributed by atoms with Gasteiger partial charge in [-0.1, -0.05) is 42.5 Å². The minimum atomic E-state index is -0.277. The average molecular weight is 363 g/mol. The van der Waals surface area contributed by atoms with Crippen molar-refractivity contribution >= 4 is 0 Å². The Morgan fingerprint density at radius 3 is 2.59 bits per heavy atom. The third-order valence-corrected chi connectivity index (χ3v) is 5.00. The molecule has 1 aliphatic heterocycles. The highest BCUT2D eigenvalue weighted by molar-refractivity contribution is 5.24. The summed E-state index contributed by atoms with van der Waals surface area (Å²) in [5, 5.41) is 0. The molecule has 27 heavy (non-hydrogen) atoms. The summed E-state index contributed by atoms with van der Waals surface area (Å²) in [6.07, 6.45) is 1.88. The highest BCUT2D eigenvalue weighted by Crippen LogP contribution is 2.15. The summed E-state index contributed by atoms with van der Waals surface area (Å²) in [6.45, 7) is 2.59. The summed E-state index contributed by atoms with van der Waals surface area (Å²) in [4.78, 5) is 22.5. The predicted octanol–water partition coefficient (Wildman–Crippen LogP) is 3.10. The largest absolute Gasteiger partial charge is 0.310 e. The summed E-state index contributed by atoms with van der Waals surface area (Å²) in [7, 11) is 0. The summed E-state index contributed by atoms with van der Waals surface area (Å²) in [5.41, 5.74) is 3.68. The van der Waals surface area contributed by atoms with Gasteiger partial charge in [0.05, 0.1) is 5.69 Å². The molecule has 4 rings (SSSR count). The third-order valence-electron chi connectivity index (χ3n) is 5.00. The number of nitrogens with zero attached hydrogens (tertiary/aromatic N) is 2. The maximum Gasteiger partial charge on any atom is 0.254 e. The lowest BCUT2D eigenvalue weighted by molar-refractivity contribution is 0.279. The van der Waals surface area contributed by atoms with Crippen LogP contribution in [-0.4, -0.2) is 28.0 Å². The van der Waals surface area contributed by atoms with Crippen LogP contribution >= 0.6 is 0 Å². The van der Waals surface area contributed by atoms with Crippen LogP contribution in [0.3, 0.4) is 0 Å². The Labute approximate surface area is 157 Å². The zero-order valence-electron chi connectivity index (χ0n) is 15.1. The summed E-state index contributed by atoms with van der Waals surface area (Å²) in [5.74, 6) is 0.321. The van der Waals surface area contributed by atoms with Crippen molar-refractivity contribution in [3.05, 3.63) is 99.0 Å². The van der Waals surface area contributed by atoms with Crippen molar-refractivity contribution in [1.29, 1.82) is 0 Å². The molecule has 1 aromatic heterocycles. The molecule has 0 atom stereocenters. The number of hydrogen-bond donors (Lipinski definition) is 1. The van der Waals surface area contributed by atoms with Crippen molar-refractivity contribution in [3.63, 3.8) is 0 Å². The van der Waals surface area contributed by atoms with Gasteiger partial charge in [0.1, 0.15) is 11.6 Å². The van der Waals surface area contributed by atoms with Gasteiger partial charge >= 0.3 is 0 Å². The molecule has 0 unspecified atom stereocenters. The number of aromatic amines is 1. The molecule has 0 bridgehead atoms. The Morgan fingerprint density at radius 2 is 1.78 bits per heavy atom. The van der Waals surface area contributed by atoms with Crippen LogP contribution < -0.4 is 5.56 Å². The zero-order valence-corrected chi connectivity index (χ0v) is 15.1. The fourth-order valence-corrected chi connectivity index (χ4v) is 3.63. The molecule has 1 N–H and O–H groups in total. The van der Waals surface area contributed by atoms with Crippen LogP contribution in [-0.2, 0) is 25.8 Å². The summed E-state index contributed by atoms with van der Waals surface area (Å²) in [6, 6.07) is 16.8. The normalized spacial score (nSPS) is 14.6. The lowest BCUT2D eigenvalue weighted by atomic mass is 10.1. The SMILES string of the molecule is O=c1[nH]c(Cc2cccc(F)c2)nc2c1CCN(Cc1ccccc1)CC2. The second-order valence-electron chi connectivity index (χ2n) is 7.01. The van der Waals surface area contributed by atoms with Crippen molar-refractivity contribution < 1.29 is 4.39 Å². The van der Waals surface area contributed by atoms with Gasteiger partial charge in [-0.15, -0.1) is 0 Å². The maximum atomic E-state index is 13.4. The van der Waals surface area contributed by atoms with Gasteiger partial charge < -0.3 is 4.98 Å². The Morgan fingerprint density at radius 1 is 1.00 bits per heavy atom. The standard InChI is InChI=1S/C22H22FN3O/c23-18-8-4-7-17(13-18)14-21-24-20-10-12-26(11-9-19(20)22(27)25-21)15-16-5-2-1-3-6-16/h1-8,13H,9-12,14-15H2,(H,24,25,27). The lowest BCUT2D eigenvalue weighted by Crippen LogP contribution is -2.26. The Kier molecular flexibility index (Phi) is 5.12. The first kappa shape index (κ1) is 17.6. The number of H-pyrrole nitrogens is 1. The van der Waals surface area contributed by atoms with Crippen LogP contribution in [0, 0.1) is 5.82 Å². The van der Waals surface area contributed by atoms with E-state index in [1.165, 1.54) is 17.7 Å². The van der Waals surface area contributed by atoms with Crippen LogP contribution in [0.5, 0.6) is 0 Å². The van der Waals surface area contributed by atoms with Gasteiger partial charge in [-0.3, -0.25) is 9.69 Å². The number of hydrogen-bond acceptors (Lipinski definition) is 3. The summed E-state index contributed by atoms with van der Waals surface area (Å²) >= 11 is 0. The maximum absolute atomic E-state index is 13.4. The van der Waals surface area contributed by atoms with Crippen molar-refractivity contribution in [2.45, 2.75) is 25.8 Å². The van der Waals surface area contributed by atoms with E-state index in [-0.39, 0.29) is 11.4 Å². The fourth-order valence-electron chi connectivity index (χ4n) is 3.63. The molecule has 4 nitrogen and oxygen atoms in total. The van der Waals surface area contributed by atoms with Crippen LogP contribution in [0.15, 0.2) is 59.4 Å². The van der Waals surface area contributed by atoms with E-state index in [1.54, 1.807) is 6.07 Å². The highest BCUT2D eigenvalue weighted by atomic mass is 19.1. The van der Waals surface area contributed by atoms with E-state index >= 15 is 0 Å². The first-order valence-corrected chi connectivity index (χ1v) is 9.29. The number of rotatable bonds is 4. The average Bonchev–Trinajstić information content (AvgIpc) is 2.86. The molecular weight excluding hydrogens is 341 g/mol. The van der Waals surface area contributed by atoms with E-state index in [0.29, 0.717) is 18.7 Å². The molecule has 0 spiro atoms. The van der Waals surface area contributed by atoms with Gasteiger partial charge in [0.25, 0.3) is 5.56 Å². The lowest BCUT2D eigenvalue weighted by Gasteiger charge is -2.19. The molecule has 0 aliphatic carbocycles. The molecule has 5 heteroatoms. The molecule has 0 radical (unpaired) electrons. The quantitative estimate of drug-likeness (QED) is 0.775. The smallest absolute Gasteiger partial charge is 0.254 e. The molecule has 0 amide bonds. The van der Waals surface area contributed by atoms with Crippen LogP contribution in [0.2, 0.25) is 0 Å². The van der Waals surface area contributed by atoms with E-state index in [0.717, 1.165) is 42.9 Å². The molecule has 138 valence electrons. The number of aromatic nitrogens is 2. The van der Waals surface area contributed by atoms with Crippen molar-refractivity contribution in [2.75, 3.05) is 13.1 Å². The molecule has 0 fully saturated rings. The number of fused-ring (bicyclic) bond motifs is 1. The van der Waals surface area contributed by atoms with Gasteiger partial charge in [0, 0.05) is 38.0 Å². The molecule has 2 heterocycles. The molecule has 2 aromatic carbocycles. The monoisotopic (exact) mass is 363 g/mol. The van der Waals surface area contributed by atoms with Crippen LogP contribution in [0.25, 0.3) is 0 Å².